The lowest BCUT2D eigenvalue weighted by Crippen LogP contribution is -2.31. The van der Waals surface area contributed by atoms with Crippen LogP contribution in [0, 0.1) is 5.82 Å². The molecular weight excluding hydrogens is 325 g/mol. The van der Waals surface area contributed by atoms with E-state index in [0.29, 0.717) is 5.76 Å². The molecule has 6 heteroatoms. The molecule has 0 radical (unpaired) electrons. The molecule has 0 fully saturated rings. The molecule has 3 rings (SSSR count). The molecule has 1 atom stereocenters. The van der Waals surface area contributed by atoms with E-state index in [1.165, 1.54) is 18.2 Å². The second-order valence-electron chi connectivity index (χ2n) is 5.53. The summed E-state index contributed by atoms with van der Waals surface area (Å²) in [5.74, 6) is -1.49. The Labute approximate surface area is 143 Å². The molecule has 2 aromatic carbocycles. The van der Waals surface area contributed by atoms with Crippen LogP contribution in [0.15, 0.2) is 59.0 Å². The lowest BCUT2D eigenvalue weighted by atomic mass is 10.2. The number of esters is 1. The van der Waals surface area contributed by atoms with E-state index >= 15 is 0 Å². The highest BCUT2D eigenvalue weighted by Crippen LogP contribution is 2.23. The van der Waals surface area contributed by atoms with E-state index < -0.39 is 30.3 Å². The van der Waals surface area contributed by atoms with Crippen molar-refractivity contribution in [1.29, 1.82) is 0 Å². The van der Waals surface area contributed by atoms with Crippen LogP contribution < -0.4 is 5.32 Å². The number of hydrogen-bond donors (Lipinski definition) is 1. The summed E-state index contributed by atoms with van der Waals surface area (Å²) in [7, 11) is 0. The predicted octanol–water partition coefficient (Wildman–Crippen LogP) is 3.61. The third-order valence-electron chi connectivity index (χ3n) is 3.68. The monoisotopic (exact) mass is 341 g/mol. The maximum atomic E-state index is 13.5. The summed E-state index contributed by atoms with van der Waals surface area (Å²) in [6.07, 6.45) is 0. The van der Waals surface area contributed by atoms with Gasteiger partial charge in [0.2, 0.25) is 0 Å². The molecular formula is C19H16FNO4. The molecule has 0 saturated carbocycles. The second kappa shape index (κ2) is 7.17. The molecule has 5 nitrogen and oxygen atoms in total. The van der Waals surface area contributed by atoms with Crippen LogP contribution >= 0.6 is 0 Å². The topological polar surface area (TPSA) is 68.5 Å². The molecule has 25 heavy (non-hydrogen) atoms. The van der Waals surface area contributed by atoms with Crippen LogP contribution in [-0.2, 0) is 9.53 Å². The molecule has 0 unspecified atom stereocenters. The van der Waals surface area contributed by atoms with Crippen molar-refractivity contribution in [3.63, 3.8) is 0 Å². The van der Waals surface area contributed by atoms with Crippen molar-refractivity contribution in [1.82, 2.24) is 5.32 Å². The van der Waals surface area contributed by atoms with E-state index in [4.69, 9.17) is 9.15 Å². The molecule has 1 heterocycles. The Balaban J connectivity index is 1.57. The van der Waals surface area contributed by atoms with Crippen molar-refractivity contribution >= 4 is 22.8 Å². The number of furan rings is 1. The summed E-state index contributed by atoms with van der Waals surface area (Å²) in [6, 6.07) is 14.4. The van der Waals surface area contributed by atoms with E-state index in [2.05, 4.69) is 5.32 Å². The van der Waals surface area contributed by atoms with E-state index in [-0.39, 0.29) is 5.56 Å². The van der Waals surface area contributed by atoms with Gasteiger partial charge in [-0.25, -0.2) is 9.18 Å². The summed E-state index contributed by atoms with van der Waals surface area (Å²) in [4.78, 5) is 23.7. The van der Waals surface area contributed by atoms with E-state index in [1.807, 2.05) is 30.3 Å². The van der Waals surface area contributed by atoms with Crippen LogP contribution in [0.3, 0.4) is 0 Å². The average Bonchev–Trinajstić information content (AvgIpc) is 3.04. The Kier molecular flexibility index (Phi) is 4.79. The Morgan fingerprint density at radius 1 is 1.16 bits per heavy atom. The maximum absolute atomic E-state index is 13.5. The fourth-order valence-corrected chi connectivity index (χ4v) is 2.41. The fourth-order valence-electron chi connectivity index (χ4n) is 2.41. The fraction of sp³-hybridized carbons (Fsp3) is 0.158. The number of hydrogen-bond acceptors (Lipinski definition) is 4. The van der Waals surface area contributed by atoms with Gasteiger partial charge in [-0.3, -0.25) is 4.79 Å². The first-order valence-corrected chi connectivity index (χ1v) is 7.74. The minimum atomic E-state index is -0.885. The molecule has 1 amide bonds. The van der Waals surface area contributed by atoms with Crippen LogP contribution in [0.5, 0.6) is 0 Å². The number of benzene rings is 2. The highest BCUT2D eigenvalue weighted by Gasteiger charge is 2.17. The molecule has 1 aromatic heterocycles. The van der Waals surface area contributed by atoms with Gasteiger partial charge >= 0.3 is 5.97 Å². The predicted molar refractivity (Wildman–Crippen MR) is 89.5 cm³/mol. The van der Waals surface area contributed by atoms with Crippen LogP contribution in [0.2, 0.25) is 0 Å². The van der Waals surface area contributed by atoms with Gasteiger partial charge in [0.1, 0.15) is 17.2 Å². The standard InChI is InChI=1S/C19H16FNO4/c1-12(17-10-13-6-2-5-9-16(13)25-17)21-18(22)11-24-19(23)14-7-3-4-8-15(14)20/h2-10,12H,11H2,1H3,(H,21,22)/t12-/m0/s1. The summed E-state index contributed by atoms with van der Waals surface area (Å²) < 4.78 is 24.0. The molecule has 0 aliphatic carbocycles. The number of fused-ring (bicyclic) bond motifs is 1. The minimum absolute atomic E-state index is 0.208. The molecule has 0 aliphatic heterocycles. The molecule has 0 aliphatic rings. The Hall–Kier alpha value is -3.15. The zero-order chi connectivity index (χ0) is 17.8. The normalized spacial score (nSPS) is 11.9. The largest absolute Gasteiger partial charge is 0.459 e. The Morgan fingerprint density at radius 2 is 1.88 bits per heavy atom. The quantitative estimate of drug-likeness (QED) is 0.720. The van der Waals surface area contributed by atoms with E-state index in [0.717, 1.165) is 17.0 Å². The number of ether oxygens (including phenoxy) is 1. The number of para-hydroxylation sites is 1. The third kappa shape index (κ3) is 3.85. The van der Waals surface area contributed by atoms with Crippen molar-refractivity contribution in [2.45, 2.75) is 13.0 Å². The zero-order valence-electron chi connectivity index (χ0n) is 13.5. The van der Waals surface area contributed by atoms with Gasteiger partial charge in [0, 0.05) is 5.39 Å². The van der Waals surface area contributed by atoms with Gasteiger partial charge in [-0.15, -0.1) is 0 Å². The smallest absolute Gasteiger partial charge is 0.341 e. The van der Waals surface area contributed by atoms with Gasteiger partial charge < -0.3 is 14.5 Å². The first-order valence-electron chi connectivity index (χ1n) is 7.74. The summed E-state index contributed by atoms with van der Waals surface area (Å²) in [5, 5.41) is 3.61. The van der Waals surface area contributed by atoms with Crippen LogP contribution in [0.4, 0.5) is 4.39 Å². The zero-order valence-corrected chi connectivity index (χ0v) is 13.5. The Morgan fingerprint density at radius 3 is 2.64 bits per heavy atom. The lowest BCUT2D eigenvalue weighted by Gasteiger charge is -2.11. The van der Waals surface area contributed by atoms with Crippen molar-refractivity contribution in [3.05, 3.63) is 71.7 Å². The number of nitrogens with one attached hydrogen (secondary N) is 1. The van der Waals surface area contributed by atoms with Gasteiger partial charge in [0.15, 0.2) is 6.61 Å². The van der Waals surface area contributed by atoms with E-state index in [1.54, 1.807) is 6.92 Å². The Bertz CT molecular complexity index is 885. The highest BCUT2D eigenvalue weighted by atomic mass is 19.1. The minimum Gasteiger partial charge on any atom is -0.459 e. The molecule has 128 valence electrons. The van der Waals surface area contributed by atoms with Gasteiger partial charge in [0.05, 0.1) is 11.6 Å². The van der Waals surface area contributed by atoms with Crippen LogP contribution in [0.25, 0.3) is 11.0 Å². The number of rotatable bonds is 5. The molecule has 3 aromatic rings. The number of carbonyl (C=O) groups excluding carboxylic acids is 2. The maximum Gasteiger partial charge on any atom is 0.341 e. The highest BCUT2D eigenvalue weighted by molar-refractivity contribution is 5.91. The number of carbonyl (C=O) groups is 2. The SMILES string of the molecule is C[C@H](NC(=O)COC(=O)c1ccccc1F)c1cc2ccccc2o1. The summed E-state index contributed by atoms with van der Waals surface area (Å²) in [6.45, 7) is 1.26. The number of halogens is 1. The van der Waals surface area contributed by atoms with Gasteiger partial charge in [-0.05, 0) is 31.2 Å². The van der Waals surface area contributed by atoms with Gasteiger partial charge in [-0.2, -0.15) is 0 Å². The summed E-state index contributed by atoms with van der Waals surface area (Å²) >= 11 is 0. The summed E-state index contributed by atoms with van der Waals surface area (Å²) in [5.41, 5.74) is 0.519. The first kappa shape index (κ1) is 16.7. The van der Waals surface area contributed by atoms with E-state index in [9.17, 15) is 14.0 Å². The molecule has 1 N–H and O–H groups in total. The average molecular weight is 341 g/mol. The molecule has 0 saturated heterocycles. The van der Waals surface area contributed by atoms with Crippen molar-refractivity contribution in [3.8, 4) is 0 Å². The van der Waals surface area contributed by atoms with Crippen LogP contribution in [0.1, 0.15) is 29.1 Å². The van der Waals surface area contributed by atoms with Gasteiger partial charge in [-0.1, -0.05) is 30.3 Å². The van der Waals surface area contributed by atoms with Crippen molar-refractivity contribution in [2.24, 2.45) is 0 Å². The molecule has 0 bridgehead atoms. The number of amides is 1. The van der Waals surface area contributed by atoms with Crippen LogP contribution in [-0.4, -0.2) is 18.5 Å². The second-order valence-corrected chi connectivity index (χ2v) is 5.53. The van der Waals surface area contributed by atoms with Gasteiger partial charge in [0.25, 0.3) is 5.91 Å². The molecule has 0 spiro atoms. The first-order chi connectivity index (χ1) is 12.0. The third-order valence-corrected chi connectivity index (χ3v) is 3.68. The lowest BCUT2D eigenvalue weighted by molar-refractivity contribution is -0.125. The van der Waals surface area contributed by atoms with Crippen molar-refractivity contribution < 1.29 is 23.1 Å². The van der Waals surface area contributed by atoms with Crippen molar-refractivity contribution in [2.75, 3.05) is 6.61 Å².